The van der Waals surface area contributed by atoms with Crippen molar-refractivity contribution in [2.45, 2.75) is 32.6 Å². The van der Waals surface area contributed by atoms with Gasteiger partial charge in [0.2, 0.25) is 0 Å². The molecule has 1 saturated heterocycles. The lowest BCUT2D eigenvalue weighted by molar-refractivity contribution is 0.493. The first kappa shape index (κ1) is 20.1. The molecule has 0 aromatic heterocycles. The van der Waals surface area contributed by atoms with Crippen molar-refractivity contribution in [3.63, 3.8) is 0 Å². The van der Waals surface area contributed by atoms with Gasteiger partial charge in [-0.2, -0.15) is 0 Å². The number of hydrogen-bond acceptors (Lipinski definition) is 2. The zero-order valence-corrected chi connectivity index (χ0v) is 16.8. The SMILES string of the molecule is CCNC(=NCCCCN(C)c1ccccc1)N1CCCC1.I. The first-order valence-corrected chi connectivity index (χ1v) is 8.60. The van der Waals surface area contributed by atoms with Crippen LogP contribution in [0.4, 0.5) is 5.69 Å². The lowest BCUT2D eigenvalue weighted by atomic mass is 10.2. The fourth-order valence-corrected chi connectivity index (χ4v) is 2.81. The second kappa shape index (κ2) is 11.5. The highest BCUT2D eigenvalue weighted by molar-refractivity contribution is 14.0. The van der Waals surface area contributed by atoms with Crippen molar-refractivity contribution < 1.29 is 0 Å². The average Bonchev–Trinajstić information content (AvgIpc) is 3.08. The smallest absolute Gasteiger partial charge is 0.193 e. The number of likely N-dealkylation sites (tertiary alicyclic amines) is 1. The lowest BCUT2D eigenvalue weighted by Gasteiger charge is -2.21. The fourth-order valence-electron chi connectivity index (χ4n) is 2.81. The number of guanidine groups is 1. The Kier molecular flexibility index (Phi) is 10.1. The Balaban J connectivity index is 0.00000264. The van der Waals surface area contributed by atoms with Crippen LogP contribution in [0.15, 0.2) is 35.3 Å². The normalized spacial score (nSPS) is 14.5. The Morgan fingerprint density at radius 2 is 1.87 bits per heavy atom. The van der Waals surface area contributed by atoms with Crippen molar-refractivity contribution in [1.82, 2.24) is 10.2 Å². The standard InChI is InChI=1S/C18H30N4.HI/c1-3-19-18(22-15-9-10-16-22)20-13-7-8-14-21(2)17-11-5-4-6-12-17;/h4-6,11-12H,3,7-10,13-16H2,1-2H3,(H,19,20);1H. The summed E-state index contributed by atoms with van der Waals surface area (Å²) in [6.07, 6.45) is 4.91. The van der Waals surface area contributed by atoms with E-state index in [1.807, 2.05) is 0 Å². The molecule has 1 fully saturated rings. The zero-order chi connectivity index (χ0) is 15.6. The molecule has 1 aromatic rings. The number of nitrogens with zero attached hydrogens (tertiary/aromatic N) is 3. The molecular weight excluding hydrogens is 399 g/mol. The lowest BCUT2D eigenvalue weighted by Crippen LogP contribution is -2.39. The van der Waals surface area contributed by atoms with Gasteiger partial charge in [-0.15, -0.1) is 24.0 Å². The van der Waals surface area contributed by atoms with Gasteiger partial charge in [-0.05, 0) is 44.7 Å². The van der Waals surface area contributed by atoms with E-state index in [4.69, 9.17) is 4.99 Å². The summed E-state index contributed by atoms with van der Waals surface area (Å²) in [5.74, 6) is 1.11. The molecule has 0 spiro atoms. The van der Waals surface area contributed by atoms with E-state index in [9.17, 15) is 0 Å². The molecule has 23 heavy (non-hydrogen) atoms. The summed E-state index contributed by atoms with van der Waals surface area (Å²) in [6, 6.07) is 10.6. The molecule has 1 aliphatic heterocycles. The van der Waals surface area contributed by atoms with Gasteiger partial charge in [0.1, 0.15) is 0 Å². The molecule has 0 unspecified atom stereocenters. The van der Waals surface area contributed by atoms with E-state index in [1.54, 1.807) is 0 Å². The van der Waals surface area contributed by atoms with Gasteiger partial charge >= 0.3 is 0 Å². The molecule has 0 amide bonds. The maximum absolute atomic E-state index is 4.78. The number of rotatable bonds is 7. The van der Waals surface area contributed by atoms with Crippen LogP contribution in [0.5, 0.6) is 0 Å². The van der Waals surface area contributed by atoms with Gasteiger partial charge in [-0.25, -0.2) is 0 Å². The maximum atomic E-state index is 4.78. The van der Waals surface area contributed by atoms with E-state index in [0.717, 1.165) is 45.1 Å². The van der Waals surface area contributed by atoms with Crippen LogP contribution in [0, 0.1) is 0 Å². The monoisotopic (exact) mass is 430 g/mol. The molecule has 1 heterocycles. The molecule has 0 radical (unpaired) electrons. The molecule has 5 heteroatoms. The van der Waals surface area contributed by atoms with E-state index in [2.05, 4.69) is 59.4 Å². The van der Waals surface area contributed by atoms with Gasteiger partial charge in [0.05, 0.1) is 0 Å². The molecule has 0 saturated carbocycles. The van der Waals surface area contributed by atoms with Crippen LogP contribution in [0.1, 0.15) is 32.6 Å². The molecule has 130 valence electrons. The van der Waals surface area contributed by atoms with Crippen LogP contribution >= 0.6 is 24.0 Å². The molecule has 1 aliphatic rings. The number of nitrogens with one attached hydrogen (secondary N) is 1. The van der Waals surface area contributed by atoms with Crippen LogP contribution < -0.4 is 10.2 Å². The highest BCUT2D eigenvalue weighted by Crippen LogP contribution is 2.11. The summed E-state index contributed by atoms with van der Waals surface area (Å²) in [6.45, 7) is 7.40. The number of aliphatic imine (C=N–C) groups is 1. The largest absolute Gasteiger partial charge is 0.375 e. The zero-order valence-electron chi connectivity index (χ0n) is 14.5. The van der Waals surface area contributed by atoms with Gasteiger partial charge in [0.25, 0.3) is 0 Å². The first-order valence-electron chi connectivity index (χ1n) is 8.60. The minimum Gasteiger partial charge on any atom is -0.375 e. The summed E-state index contributed by atoms with van der Waals surface area (Å²) in [4.78, 5) is 9.48. The summed E-state index contributed by atoms with van der Waals surface area (Å²) >= 11 is 0. The van der Waals surface area contributed by atoms with Gasteiger partial charge in [0, 0.05) is 45.5 Å². The van der Waals surface area contributed by atoms with Gasteiger partial charge in [-0.3, -0.25) is 4.99 Å². The molecule has 0 aliphatic carbocycles. The molecule has 0 atom stereocenters. The van der Waals surface area contributed by atoms with E-state index in [0.29, 0.717) is 0 Å². The minimum absolute atomic E-state index is 0. The summed E-state index contributed by atoms with van der Waals surface area (Å²) in [5.41, 5.74) is 1.29. The third kappa shape index (κ3) is 6.97. The highest BCUT2D eigenvalue weighted by atomic mass is 127. The average molecular weight is 430 g/mol. The summed E-state index contributed by atoms with van der Waals surface area (Å²) in [5, 5.41) is 3.42. The summed E-state index contributed by atoms with van der Waals surface area (Å²) < 4.78 is 0. The van der Waals surface area contributed by atoms with E-state index < -0.39 is 0 Å². The predicted molar refractivity (Wildman–Crippen MR) is 111 cm³/mol. The molecule has 4 nitrogen and oxygen atoms in total. The predicted octanol–water partition coefficient (Wildman–Crippen LogP) is 3.58. The van der Waals surface area contributed by atoms with Gasteiger partial charge in [0.15, 0.2) is 5.96 Å². The van der Waals surface area contributed by atoms with Crippen molar-refractivity contribution in [1.29, 1.82) is 0 Å². The van der Waals surface area contributed by atoms with Crippen LogP contribution in [-0.2, 0) is 0 Å². The molecule has 0 bridgehead atoms. The van der Waals surface area contributed by atoms with E-state index in [-0.39, 0.29) is 24.0 Å². The molecule has 2 rings (SSSR count). The van der Waals surface area contributed by atoms with Gasteiger partial charge in [-0.1, -0.05) is 18.2 Å². The molecule has 1 N–H and O–H groups in total. The number of para-hydroxylation sites is 1. The van der Waals surface area contributed by atoms with E-state index in [1.165, 1.54) is 24.9 Å². The van der Waals surface area contributed by atoms with Crippen LogP contribution in [-0.4, -0.2) is 50.6 Å². The number of anilines is 1. The van der Waals surface area contributed by atoms with Crippen molar-refractivity contribution in [3.05, 3.63) is 30.3 Å². The maximum Gasteiger partial charge on any atom is 0.193 e. The van der Waals surface area contributed by atoms with Crippen LogP contribution in [0.25, 0.3) is 0 Å². The third-order valence-electron chi connectivity index (χ3n) is 4.10. The Bertz CT molecular complexity index is 444. The Labute approximate surface area is 158 Å². The third-order valence-corrected chi connectivity index (χ3v) is 4.10. The number of hydrogen-bond donors (Lipinski definition) is 1. The minimum atomic E-state index is 0. The second-order valence-corrected chi connectivity index (χ2v) is 5.89. The van der Waals surface area contributed by atoms with Crippen molar-refractivity contribution in [2.75, 3.05) is 44.7 Å². The first-order chi connectivity index (χ1) is 10.8. The van der Waals surface area contributed by atoms with E-state index >= 15 is 0 Å². The van der Waals surface area contributed by atoms with Crippen molar-refractivity contribution in [3.8, 4) is 0 Å². The summed E-state index contributed by atoms with van der Waals surface area (Å²) in [7, 11) is 2.16. The number of unbranched alkanes of at least 4 members (excludes halogenated alkanes) is 1. The number of benzene rings is 1. The van der Waals surface area contributed by atoms with Crippen LogP contribution in [0.3, 0.4) is 0 Å². The Morgan fingerprint density at radius 1 is 1.17 bits per heavy atom. The quantitative estimate of drug-likeness (QED) is 0.311. The Morgan fingerprint density at radius 3 is 2.52 bits per heavy atom. The van der Waals surface area contributed by atoms with Crippen molar-refractivity contribution >= 4 is 35.6 Å². The second-order valence-electron chi connectivity index (χ2n) is 5.89. The molecular formula is C18H31IN4. The van der Waals surface area contributed by atoms with Gasteiger partial charge < -0.3 is 15.1 Å². The highest BCUT2D eigenvalue weighted by Gasteiger charge is 2.14. The van der Waals surface area contributed by atoms with Crippen molar-refractivity contribution in [2.24, 2.45) is 4.99 Å². The fraction of sp³-hybridized carbons (Fsp3) is 0.611. The topological polar surface area (TPSA) is 30.9 Å². The van der Waals surface area contributed by atoms with Crippen LogP contribution in [0.2, 0.25) is 0 Å². The number of halogens is 1. The Hall–Kier alpha value is -0.980. The molecule has 1 aromatic carbocycles.